The molecule has 3 aromatic rings. The van der Waals surface area contributed by atoms with Gasteiger partial charge in [0.1, 0.15) is 0 Å². The number of hydrogen-bond donors (Lipinski definition) is 2. The fourth-order valence-electron chi connectivity index (χ4n) is 4.04. The number of rotatable bonds is 9. The van der Waals surface area contributed by atoms with Gasteiger partial charge in [-0.3, -0.25) is 4.90 Å². The molecule has 3 N–H and O–H groups in total. The third kappa shape index (κ3) is 6.13. The zero-order chi connectivity index (χ0) is 25.5. The number of nitrogens with zero attached hydrogens (tertiary/aromatic N) is 1. The molecular weight excluding hydrogens is 485 g/mol. The molecule has 8 heteroatoms. The fraction of sp³-hybridized carbons (Fsp3) is 0.296. The normalized spacial score (nSPS) is 10.7. The van der Waals surface area contributed by atoms with E-state index in [1.165, 1.54) is 0 Å². The summed E-state index contributed by atoms with van der Waals surface area (Å²) in [5.41, 5.74) is 10.9. The van der Waals surface area contributed by atoms with E-state index in [-0.39, 0.29) is 6.03 Å². The van der Waals surface area contributed by atoms with E-state index in [2.05, 4.69) is 5.32 Å². The molecule has 0 unspecified atom stereocenters. The van der Waals surface area contributed by atoms with Crippen LogP contribution in [0, 0.1) is 0 Å². The van der Waals surface area contributed by atoms with Gasteiger partial charge in [-0.05, 0) is 66.3 Å². The Morgan fingerprint density at radius 1 is 0.943 bits per heavy atom. The van der Waals surface area contributed by atoms with Crippen LogP contribution in [0.15, 0.2) is 48.5 Å². The predicted molar refractivity (Wildman–Crippen MR) is 146 cm³/mol. The van der Waals surface area contributed by atoms with Crippen LogP contribution in [-0.4, -0.2) is 26.8 Å². The van der Waals surface area contributed by atoms with Crippen LogP contribution < -0.4 is 25.4 Å². The minimum absolute atomic E-state index is 0.294. The molecule has 0 fully saturated rings. The minimum Gasteiger partial charge on any atom is -0.493 e. The lowest BCUT2D eigenvalue weighted by atomic mass is 10.0. The number of carbonyl (C=O) groups is 1. The van der Waals surface area contributed by atoms with Crippen LogP contribution in [0.5, 0.6) is 11.5 Å². The van der Waals surface area contributed by atoms with Crippen LogP contribution in [0.2, 0.25) is 10.0 Å². The zero-order valence-electron chi connectivity index (χ0n) is 20.5. The molecule has 0 saturated carbocycles. The number of methoxy groups -OCH3 is 2. The first-order valence-electron chi connectivity index (χ1n) is 11.5. The molecule has 0 saturated heterocycles. The van der Waals surface area contributed by atoms with E-state index < -0.39 is 0 Å². The summed E-state index contributed by atoms with van der Waals surface area (Å²) >= 11 is 12.5. The smallest absolute Gasteiger partial charge is 0.326 e. The number of ether oxygens (including phenoxy) is 2. The molecule has 0 radical (unpaired) electrons. The predicted octanol–water partition coefficient (Wildman–Crippen LogP) is 7.00. The molecule has 0 aliphatic carbocycles. The number of nitrogens with two attached hydrogens (primary N) is 1. The van der Waals surface area contributed by atoms with Gasteiger partial charge in [-0.2, -0.15) is 0 Å². The number of halogens is 2. The molecule has 0 bridgehead atoms. The van der Waals surface area contributed by atoms with Crippen LogP contribution >= 0.6 is 23.2 Å². The lowest BCUT2D eigenvalue weighted by Crippen LogP contribution is -2.37. The van der Waals surface area contributed by atoms with Crippen LogP contribution in [0.25, 0.3) is 0 Å². The SMILES string of the molecule is CCc1c(N)cc(Cl)c(CC)c1NC(=O)N(CCc1ccc(Cl)cc1)c1ccc(OC)c(OC)c1. The molecule has 0 aliphatic rings. The van der Waals surface area contributed by atoms with Crippen LogP contribution in [0.1, 0.15) is 30.5 Å². The van der Waals surface area contributed by atoms with E-state index in [9.17, 15) is 4.79 Å². The topological polar surface area (TPSA) is 76.8 Å². The Hall–Kier alpha value is -3.09. The van der Waals surface area contributed by atoms with E-state index in [0.717, 1.165) is 16.7 Å². The molecule has 3 rings (SSSR count). The van der Waals surface area contributed by atoms with Crippen molar-refractivity contribution in [2.24, 2.45) is 0 Å². The van der Waals surface area contributed by atoms with Crippen molar-refractivity contribution in [3.05, 3.63) is 75.3 Å². The van der Waals surface area contributed by atoms with Crippen molar-refractivity contribution in [3.63, 3.8) is 0 Å². The molecule has 0 heterocycles. The Morgan fingerprint density at radius 2 is 1.60 bits per heavy atom. The first-order chi connectivity index (χ1) is 16.8. The van der Waals surface area contributed by atoms with Crippen molar-refractivity contribution in [1.29, 1.82) is 0 Å². The maximum Gasteiger partial charge on any atom is 0.326 e. The highest BCUT2D eigenvalue weighted by atomic mass is 35.5. The van der Waals surface area contributed by atoms with Crippen molar-refractivity contribution in [2.45, 2.75) is 33.1 Å². The van der Waals surface area contributed by atoms with Crippen molar-refractivity contribution >= 4 is 46.3 Å². The number of carbonyl (C=O) groups excluding carboxylic acids is 1. The summed E-state index contributed by atoms with van der Waals surface area (Å²) < 4.78 is 10.8. The van der Waals surface area contributed by atoms with E-state index >= 15 is 0 Å². The maximum atomic E-state index is 13.7. The molecule has 35 heavy (non-hydrogen) atoms. The molecule has 186 valence electrons. The van der Waals surface area contributed by atoms with Gasteiger partial charge in [-0.1, -0.05) is 49.2 Å². The van der Waals surface area contributed by atoms with Gasteiger partial charge in [-0.15, -0.1) is 0 Å². The maximum absolute atomic E-state index is 13.7. The third-order valence-electron chi connectivity index (χ3n) is 5.92. The zero-order valence-corrected chi connectivity index (χ0v) is 22.0. The van der Waals surface area contributed by atoms with Crippen LogP contribution in [0.3, 0.4) is 0 Å². The molecular formula is C27H31Cl2N3O3. The van der Waals surface area contributed by atoms with E-state index in [1.54, 1.807) is 37.3 Å². The van der Waals surface area contributed by atoms with Gasteiger partial charge < -0.3 is 20.5 Å². The Kier molecular flexibility index (Phi) is 9.13. The first kappa shape index (κ1) is 26.5. The van der Waals surface area contributed by atoms with Gasteiger partial charge >= 0.3 is 6.03 Å². The number of urea groups is 1. The average Bonchev–Trinajstić information content (AvgIpc) is 2.85. The second-order valence-corrected chi connectivity index (χ2v) is 8.83. The van der Waals surface area contributed by atoms with Gasteiger partial charge in [0.2, 0.25) is 0 Å². The molecule has 3 aromatic carbocycles. The number of nitrogen functional groups attached to an aromatic ring is 1. The Bertz CT molecular complexity index is 1160. The van der Waals surface area contributed by atoms with Crippen molar-refractivity contribution < 1.29 is 14.3 Å². The van der Waals surface area contributed by atoms with E-state index in [4.69, 9.17) is 38.4 Å². The minimum atomic E-state index is -0.294. The van der Waals surface area contributed by atoms with Gasteiger partial charge in [0.05, 0.1) is 19.9 Å². The summed E-state index contributed by atoms with van der Waals surface area (Å²) in [6.07, 6.45) is 1.94. The Morgan fingerprint density at radius 3 is 2.20 bits per heavy atom. The van der Waals surface area contributed by atoms with Gasteiger partial charge in [0, 0.05) is 34.0 Å². The number of benzene rings is 3. The monoisotopic (exact) mass is 515 g/mol. The second-order valence-electron chi connectivity index (χ2n) is 7.98. The van der Waals surface area contributed by atoms with Gasteiger partial charge in [-0.25, -0.2) is 4.79 Å². The average molecular weight is 516 g/mol. The second kappa shape index (κ2) is 12.0. The first-order valence-corrected chi connectivity index (χ1v) is 12.2. The van der Waals surface area contributed by atoms with Gasteiger partial charge in [0.25, 0.3) is 0 Å². The molecule has 0 spiro atoms. The van der Waals surface area contributed by atoms with Crippen molar-refractivity contribution in [3.8, 4) is 11.5 Å². The summed E-state index contributed by atoms with van der Waals surface area (Å²) in [7, 11) is 3.14. The summed E-state index contributed by atoms with van der Waals surface area (Å²) in [5.74, 6) is 1.11. The third-order valence-corrected chi connectivity index (χ3v) is 6.51. The standard InChI is InChI=1S/C27H31Cl2N3O3/c1-5-20-22(29)16-23(30)21(6-2)26(20)31-27(33)32(14-13-17-7-9-18(28)10-8-17)19-11-12-24(34-3)25(15-19)35-4/h7-12,15-16H,5-6,13-14,30H2,1-4H3,(H,31,33). The number of nitrogens with one attached hydrogen (secondary N) is 1. The highest BCUT2D eigenvalue weighted by molar-refractivity contribution is 6.32. The van der Waals surface area contributed by atoms with Crippen LogP contribution in [-0.2, 0) is 19.3 Å². The van der Waals surface area contributed by atoms with Crippen molar-refractivity contribution in [2.75, 3.05) is 36.7 Å². The summed E-state index contributed by atoms with van der Waals surface area (Å²) in [6.45, 7) is 4.42. The molecule has 6 nitrogen and oxygen atoms in total. The van der Waals surface area contributed by atoms with Crippen molar-refractivity contribution in [1.82, 2.24) is 0 Å². The largest absolute Gasteiger partial charge is 0.493 e. The molecule has 0 aromatic heterocycles. The van der Waals surface area contributed by atoms with E-state index in [1.807, 2.05) is 44.2 Å². The lowest BCUT2D eigenvalue weighted by molar-refractivity contribution is 0.257. The lowest BCUT2D eigenvalue weighted by Gasteiger charge is -2.26. The fourth-order valence-corrected chi connectivity index (χ4v) is 4.51. The molecule has 0 atom stereocenters. The van der Waals surface area contributed by atoms with Crippen LogP contribution in [0.4, 0.5) is 21.9 Å². The molecule has 2 amide bonds. The van der Waals surface area contributed by atoms with E-state index in [0.29, 0.717) is 64.4 Å². The highest BCUT2D eigenvalue weighted by Crippen LogP contribution is 2.36. The Labute approximate surface area is 216 Å². The number of anilines is 3. The number of hydrogen-bond acceptors (Lipinski definition) is 4. The highest BCUT2D eigenvalue weighted by Gasteiger charge is 2.22. The molecule has 0 aliphatic heterocycles. The quantitative estimate of drug-likeness (QED) is 0.300. The summed E-state index contributed by atoms with van der Waals surface area (Å²) in [5, 5.41) is 4.31. The number of amides is 2. The Balaban J connectivity index is 2.00. The van der Waals surface area contributed by atoms with Gasteiger partial charge in [0.15, 0.2) is 11.5 Å². The summed E-state index contributed by atoms with van der Waals surface area (Å²) in [6, 6.07) is 14.4. The summed E-state index contributed by atoms with van der Waals surface area (Å²) in [4.78, 5) is 15.4.